The Morgan fingerprint density at radius 1 is 0.507 bits per heavy atom. The molecule has 0 radical (unpaired) electrons. The van der Waals surface area contributed by atoms with E-state index >= 15 is 0 Å². The van der Waals surface area contributed by atoms with Gasteiger partial charge in [-0.25, -0.2) is 4.98 Å². The smallest absolute Gasteiger partial charge is 0.299 e. The zero-order valence-electron chi connectivity index (χ0n) is 45.3. The molecule has 5 aromatic carbocycles. The largest absolute Gasteiger partial charge is 0.468 e. The van der Waals surface area contributed by atoms with Crippen LogP contribution < -0.4 is 26.4 Å². The molecule has 2 aromatic heterocycles. The molecule has 4 nitrogen and oxygen atoms in total. The number of rotatable bonds is 3. The number of hydrogen-bond donors (Lipinski definition) is 0. The third kappa shape index (κ3) is 7.68. The second-order valence-corrected chi connectivity index (χ2v) is 27.4. The van der Waals surface area contributed by atoms with Crippen molar-refractivity contribution in [2.75, 3.05) is 9.80 Å². The molecule has 0 saturated heterocycles. The van der Waals surface area contributed by atoms with E-state index in [-0.39, 0.29) is 44.6 Å². The van der Waals surface area contributed by atoms with E-state index in [1.807, 2.05) is 0 Å². The summed E-state index contributed by atoms with van der Waals surface area (Å²) in [7, 11) is 0. The van der Waals surface area contributed by atoms with E-state index in [2.05, 4.69) is 244 Å². The molecule has 0 amide bonds. The van der Waals surface area contributed by atoms with E-state index in [4.69, 9.17) is 9.40 Å². The van der Waals surface area contributed by atoms with Gasteiger partial charge in [0.25, 0.3) is 6.71 Å². The summed E-state index contributed by atoms with van der Waals surface area (Å²) in [4.78, 5) is 11.0. The molecule has 1 aliphatic carbocycles. The van der Waals surface area contributed by atoms with Crippen molar-refractivity contribution in [2.24, 2.45) is 0 Å². The molecule has 0 bridgehead atoms. The third-order valence-corrected chi connectivity index (χ3v) is 15.8. The van der Waals surface area contributed by atoms with Crippen LogP contribution in [0.4, 0.5) is 34.3 Å². The Kier molecular flexibility index (Phi) is 10.2. The van der Waals surface area contributed by atoms with Crippen LogP contribution >= 0.6 is 0 Å². The minimum atomic E-state index is -0.265. The van der Waals surface area contributed by atoms with Gasteiger partial charge in [0.1, 0.15) is 11.4 Å². The van der Waals surface area contributed by atoms with Gasteiger partial charge in [-0.1, -0.05) is 186 Å². The van der Waals surface area contributed by atoms with Crippen LogP contribution in [0.15, 0.2) is 108 Å². The molecule has 0 saturated carbocycles. The molecule has 0 N–H and O–H groups in total. The zero-order chi connectivity index (χ0) is 49.9. The van der Waals surface area contributed by atoms with Gasteiger partial charge in [-0.2, -0.15) is 0 Å². The Morgan fingerprint density at radius 2 is 1.06 bits per heavy atom. The van der Waals surface area contributed by atoms with Crippen molar-refractivity contribution in [1.82, 2.24) is 4.98 Å². The highest BCUT2D eigenvalue weighted by atomic mass is 16.3. The number of aromatic nitrogens is 1. The maximum absolute atomic E-state index is 7.44. The van der Waals surface area contributed by atoms with Gasteiger partial charge in [0.05, 0.1) is 22.7 Å². The number of fused-ring (bicyclic) bond motifs is 7. The molecule has 0 fully saturated rings. The first-order chi connectivity index (χ1) is 31.8. The summed E-state index contributed by atoms with van der Waals surface area (Å²) in [6.07, 6.45) is 1.10. The Labute approximate surface area is 415 Å². The van der Waals surface area contributed by atoms with Crippen LogP contribution in [0.3, 0.4) is 0 Å². The van der Waals surface area contributed by atoms with Crippen LogP contribution in [0.2, 0.25) is 0 Å². The molecule has 0 unspecified atom stereocenters. The van der Waals surface area contributed by atoms with Gasteiger partial charge in [0, 0.05) is 38.9 Å². The number of anilines is 6. The number of benzene rings is 5. The summed E-state index contributed by atoms with van der Waals surface area (Å²) in [6, 6.07) is 40.4. The van der Waals surface area contributed by atoms with Gasteiger partial charge in [-0.05, 0) is 132 Å². The van der Waals surface area contributed by atoms with E-state index < -0.39 is 0 Å². The highest BCUT2D eigenvalue weighted by molar-refractivity contribution is 6.99. The number of hydrogen-bond acceptors (Lipinski definition) is 4. The lowest BCUT2D eigenvalue weighted by molar-refractivity contribution is 0.403. The van der Waals surface area contributed by atoms with Gasteiger partial charge in [-0.15, -0.1) is 0 Å². The molecule has 4 heterocycles. The lowest BCUT2D eigenvalue weighted by atomic mass is 9.35. The van der Waals surface area contributed by atoms with Gasteiger partial charge in [-0.3, -0.25) is 4.90 Å². The first kappa shape index (κ1) is 47.1. The fourth-order valence-electron chi connectivity index (χ4n) is 11.9. The third-order valence-electron chi connectivity index (χ3n) is 15.8. The van der Waals surface area contributed by atoms with Crippen molar-refractivity contribution < 1.29 is 4.42 Å². The highest BCUT2D eigenvalue weighted by Gasteiger charge is 2.50. The van der Waals surface area contributed by atoms with Crippen LogP contribution in [0, 0.1) is 0 Å². The van der Waals surface area contributed by atoms with Crippen LogP contribution in [0.25, 0.3) is 22.1 Å². The van der Waals surface area contributed by atoms with E-state index in [1.54, 1.807) is 0 Å². The maximum Gasteiger partial charge on any atom is 0.299 e. The van der Waals surface area contributed by atoms with Gasteiger partial charge < -0.3 is 9.32 Å². The predicted octanol–water partition coefficient (Wildman–Crippen LogP) is 16.0. The molecule has 356 valence electrons. The lowest BCUT2D eigenvalue weighted by Crippen LogP contribution is -2.61. The lowest BCUT2D eigenvalue weighted by Gasteiger charge is -2.43. The van der Waals surface area contributed by atoms with Crippen molar-refractivity contribution >= 4 is 68.5 Å². The van der Waals surface area contributed by atoms with Crippen molar-refractivity contribution in [3.63, 3.8) is 0 Å². The predicted molar refractivity (Wildman–Crippen MR) is 298 cm³/mol. The fraction of sp³-hybridized carbons (Fsp3) is 0.422. The average molecular weight is 914 g/mol. The van der Waals surface area contributed by atoms with Crippen molar-refractivity contribution in [1.29, 1.82) is 0 Å². The molecular weight excluding hydrogens is 838 g/mol. The average Bonchev–Trinajstić information content (AvgIpc) is 3.71. The Balaban J connectivity index is 1.36. The second kappa shape index (κ2) is 15.0. The number of nitrogens with zero attached hydrogens (tertiary/aromatic N) is 3. The van der Waals surface area contributed by atoms with Crippen LogP contribution in [0.5, 0.6) is 0 Å². The second-order valence-electron chi connectivity index (χ2n) is 27.4. The first-order valence-electron chi connectivity index (χ1n) is 25.6. The number of pyridine rings is 1. The Hall–Kier alpha value is -5.55. The van der Waals surface area contributed by atoms with E-state index in [0.29, 0.717) is 0 Å². The van der Waals surface area contributed by atoms with Crippen molar-refractivity contribution in [2.45, 2.75) is 176 Å². The van der Waals surface area contributed by atoms with Crippen LogP contribution in [-0.2, 0) is 37.9 Å². The van der Waals surface area contributed by atoms with Gasteiger partial charge >= 0.3 is 0 Å². The summed E-state index contributed by atoms with van der Waals surface area (Å²) in [5.74, 6) is 0.980. The molecule has 2 aliphatic heterocycles. The Morgan fingerprint density at radius 3 is 1.67 bits per heavy atom. The molecule has 0 atom stereocenters. The Bertz CT molecular complexity index is 3220. The van der Waals surface area contributed by atoms with E-state index in [0.717, 1.165) is 57.3 Å². The van der Waals surface area contributed by atoms with Gasteiger partial charge in [0.15, 0.2) is 0 Å². The van der Waals surface area contributed by atoms with Crippen LogP contribution in [0.1, 0.15) is 177 Å². The zero-order valence-corrected chi connectivity index (χ0v) is 45.3. The molecule has 69 heavy (non-hydrogen) atoms. The van der Waals surface area contributed by atoms with Crippen molar-refractivity contribution in [3.8, 4) is 11.1 Å². The van der Waals surface area contributed by atoms with Gasteiger partial charge in [0.2, 0.25) is 0 Å². The van der Waals surface area contributed by atoms with E-state index in [1.165, 1.54) is 61.1 Å². The normalized spacial score (nSPS) is 16.4. The monoisotopic (exact) mass is 914 g/mol. The summed E-state index contributed by atoms with van der Waals surface area (Å²) < 4.78 is 7.44. The maximum atomic E-state index is 7.44. The molecule has 7 aromatic rings. The summed E-state index contributed by atoms with van der Waals surface area (Å²) >= 11 is 0. The molecule has 5 heteroatoms. The highest BCUT2D eigenvalue weighted by Crippen LogP contribution is 2.54. The molecular formula is C64H76BN3O. The molecule has 0 spiro atoms. The molecule has 3 aliphatic rings. The minimum Gasteiger partial charge on any atom is -0.468 e. The summed E-state index contributed by atoms with van der Waals surface area (Å²) in [5, 5.41) is 1.13. The summed E-state index contributed by atoms with van der Waals surface area (Å²) in [5.41, 5.74) is 21.2. The SMILES string of the molecule is CC(C)(C)c1ccc(-c2cc(C(C)(C)C)ccc2N2c3ccc(C(C)(C)C)cc3B3c4oc5ccc(C(C)(C)C)cc5c4N(c4ccc5c(c4)C(C)(C)CC5(C)C)c4nc(C(C)(C)C)cc2c43)cc1. The quantitative estimate of drug-likeness (QED) is 0.165. The van der Waals surface area contributed by atoms with Crippen molar-refractivity contribution in [3.05, 3.63) is 142 Å². The van der Waals surface area contributed by atoms with E-state index in [9.17, 15) is 0 Å². The summed E-state index contributed by atoms with van der Waals surface area (Å²) in [6.45, 7) is 44.1. The first-order valence-corrected chi connectivity index (χ1v) is 25.6. The van der Waals surface area contributed by atoms with Crippen LogP contribution in [-0.4, -0.2) is 11.7 Å². The molecule has 10 rings (SSSR count). The standard InChI is InChI=1S/C64H76BN3O/c1-58(2,3)39-22-20-38(21-23-39)44-32-40(59(4,5)6)24-29-49(44)68-50-30-25-42(61(10,11)12)34-48(50)65-54-51(68)36-53(62(13,14)15)66-57(54)67(43-27-28-46-47(35-43)64(18,19)37-63(46,16)17)55-45-33-41(60(7,8)9)26-31-52(45)69-56(55)65/h20-36H,37H2,1-19H3. The number of furan rings is 1. The topological polar surface area (TPSA) is 32.5 Å². The minimum absolute atomic E-state index is 0.00771. The fourth-order valence-corrected chi connectivity index (χ4v) is 11.9.